The van der Waals surface area contributed by atoms with Gasteiger partial charge in [0.15, 0.2) is 11.5 Å². The smallest absolute Gasteiger partial charge is 0.224 e. The van der Waals surface area contributed by atoms with Crippen LogP contribution in [0.25, 0.3) is 0 Å². The molecule has 126 valence electrons. The zero-order valence-corrected chi connectivity index (χ0v) is 13.7. The SMILES string of the molecule is CCCCC(=O)Nc1ccc(Nc2ccc3c(c2)OCCO3)nc1. The highest BCUT2D eigenvalue weighted by atomic mass is 16.6. The summed E-state index contributed by atoms with van der Waals surface area (Å²) in [7, 11) is 0. The number of hydrogen-bond donors (Lipinski definition) is 2. The first-order valence-corrected chi connectivity index (χ1v) is 8.17. The van der Waals surface area contributed by atoms with Crippen LogP contribution in [0.3, 0.4) is 0 Å². The molecule has 0 aliphatic carbocycles. The van der Waals surface area contributed by atoms with E-state index in [0.29, 0.717) is 31.1 Å². The largest absolute Gasteiger partial charge is 0.486 e. The van der Waals surface area contributed by atoms with Crippen LogP contribution in [0.5, 0.6) is 11.5 Å². The first kappa shape index (κ1) is 16.1. The Morgan fingerprint density at radius 1 is 1.12 bits per heavy atom. The van der Waals surface area contributed by atoms with Crippen LogP contribution >= 0.6 is 0 Å². The lowest BCUT2D eigenvalue weighted by Crippen LogP contribution is -2.15. The Balaban J connectivity index is 1.61. The number of amides is 1. The summed E-state index contributed by atoms with van der Waals surface area (Å²) in [6.07, 6.45) is 4.07. The van der Waals surface area contributed by atoms with E-state index in [1.807, 2.05) is 30.3 Å². The van der Waals surface area contributed by atoms with Crippen LogP contribution in [0.15, 0.2) is 36.5 Å². The minimum Gasteiger partial charge on any atom is -0.486 e. The van der Waals surface area contributed by atoms with E-state index in [1.54, 1.807) is 6.20 Å². The number of nitrogens with one attached hydrogen (secondary N) is 2. The Labute approximate surface area is 141 Å². The third-order valence-electron chi connectivity index (χ3n) is 3.62. The summed E-state index contributed by atoms with van der Waals surface area (Å²) >= 11 is 0. The second-order valence-electron chi connectivity index (χ2n) is 5.57. The van der Waals surface area contributed by atoms with E-state index >= 15 is 0 Å². The monoisotopic (exact) mass is 327 g/mol. The molecule has 0 unspecified atom stereocenters. The zero-order chi connectivity index (χ0) is 16.8. The van der Waals surface area contributed by atoms with E-state index in [9.17, 15) is 4.79 Å². The van der Waals surface area contributed by atoms with Crippen molar-refractivity contribution in [1.29, 1.82) is 0 Å². The highest BCUT2D eigenvalue weighted by Crippen LogP contribution is 2.33. The van der Waals surface area contributed by atoms with Crippen molar-refractivity contribution in [2.45, 2.75) is 26.2 Å². The molecule has 0 spiro atoms. The normalized spacial score (nSPS) is 12.5. The Morgan fingerprint density at radius 3 is 2.67 bits per heavy atom. The summed E-state index contributed by atoms with van der Waals surface area (Å²) in [5.74, 6) is 2.19. The van der Waals surface area contributed by atoms with Gasteiger partial charge in [-0.25, -0.2) is 4.98 Å². The van der Waals surface area contributed by atoms with E-state index in [0.717, 1.165) is 30.0 Å². The van der Waals surface area contributed by atoms with Crippen molar-refractivity contribution in [3.05, 3.63) is 36.5 Å². The molecule has 2 heterocycles. The molecule has 0 bridgehead atoms. The Morgan fingerprint density at radius 2 is 1.92 bits per heavy atom. The maximum absolute atomic E-state index is 11.7. The van der Waals surface area contributed by atoms with Crippen LogP contribution in [0.1, 0.15) is 26.2 Å². The molecule has 0 radical (unpaired) electrons. The third-order valence-corrected chi connectivity index (χ3v) is 3.62. The van der Waals surface area contributed by atoms with Gasteiger partial charge in [-0.15, -0.1) is 0 Å². The number of fused-ring (bicyclic) bond motifs is 1. The summed E-state index contributed by atoms with van der Waals surface area (Å²) in [6, 6.07) is 9.33. The van der Waals surface area contributed by atoms with Crippen LogP contribution in [-0.2, 0) is 4.79 Å². The lowest BCUT2D eigenvalue weighted by molar-refractivity contribution is -0.116. The van der Waals surface area contributed by atoms with Crippen LogP contribution < -0.4 is 20.1 Å². The van der Waals surface area contributed by atoms with Crippen molar-refractivity contribution < 1.29 is 14.3 Å². The lowest BCUT2D eigenvalue weighted by Gasteiger charge is -2.19. The van der Waals surface area contributed by atoms with Gasteiger partial charge in [0.2, 0.25) is 5.91 Å². The molecule has 1 aromatic heterocycles. The molecule has 0 saturated carbocycles. The molecule has 2 aromatic rings. The van der Waals surface area contributed by atoms with Gasteiger partial charge in [0, 0.05) is 18.2 Å². The molecule has 1 aromatic carbocycles. The zero-order valence-electron chi connectivity index (χ0n) is 13.7. The topological polar surface area (TPSA) is 72.5 Å². The van der Waals surface area contributed by atoms with Gasteiger partial charge in [0.25, 0.3) is 0 Å². The fourth-order valence-electron chi connectivity index (χ4n) is 2.37. The molecular weight excluding hydrogens is 306 g/mol. The molecule has 6 heteroatoms. The number of anilines is 3. The number of hydrogen-bond acceptors (Lipinski definition) is 5. The van der Waals surface area contributed by atoms with Gasteiger partial charge in [-0.05, 0) is 30.7 Å². The van der Waals surface area contributed by atoms with Gasteiger partial charge in [0.1, 0.15) is 19.0 Å². The minimum atomic E-state index is 0.0196. The van der Waals surface area contributed by atoms with Gasteiger partial charge < -0.3 is 20.1 Å². The second-order valence-corrected chi connectivity index (χ2v) is 5.57. The number of carbonyl (C=O) groups is 1. The number of unbranched alkanes of at least 4 members (excludes halogenated alkanes) is 1. The number of carbonyl (C=O) groups excluding carboxylic acids is 1. The number of aromatic nitrogens is 1. The van der Waals surface area contributed by atoms with Crippen LogP contribution in [0, 0.1) is 0 Å². The lowest BCUT2D eigenvalue weighted by atomic mass is 10.2. The number of ether oxygens (including phenoxy) is 2. The van der Waals surface area contributed by atoms with E-state index < -0.39 is 0 Å². The molecule has 1 aliphatic heterocycles. The summed E-state index contributed by atoms with van der Waals surface area (Å²) in [6.45, 7) is 3.20. The van der Waals surface area contributed by atoms with Crippen molar-refractivity contribution in [3.8, 4) is 11.5 Å². The molecule has 1 amide bonds. The number of benzene rings is 1. The van der Waals surface area contributed by atoms with Crippen molar-refractivity contribution >= 4 is 23.1 Å². The standard InChI is InChI=1S/C18H21N3O3/c1-2-3-4-18(22)21-14-6-8-17(19-12-14)20-13-5-7-15-16(11-13)24-10-9-23-15/h5-8,11-12H,2-4,9-10H2,1H3,(H,19,20)(H,21,22). The van der Waals surface area contributed by atoms with Gasteiger partial charge in [-0.3, -0.25) is 4.79 Å². The number of rotatable bonds is 6. The molecule has 1 aliphatic rings. The predicted octanol–water partition coefficient (Wildman–Crippen LogP) is 3.73. The van der Waals surface area contributed by atoms with Gasteiger partial charge in [0.05, 0.1) is 11.9 Å². The Kier molecular flexibility index (Phi) is 5.15. The highest BCUT2D eigenvalue weighted by molar-refractivity contribution is 5.90. The number of nitrogens with zero attached hydrogens (tertiary/aromatic N) is 1. The molecule has 3 rings (SSSR count). The maximum atomic E-state index is 11.7. The van der Waals surface area contributed by atoms with Crippen molar-refractivity contribution in [2.24, 2.45) is 0 Å². The van der Waals surface area contributed by atoms with Gasteiger partial charge >= 0.3 is 0 Å². The summed E-state index contributed by atoms with van der Waals surface area (Å²) < 4.78 is 11.1. The average molecular weight is 327 g/mol. The summed E-state index contributed by atoms with van der Waals surface area (Å²) in [4.78, 5) is 16.0. The minimum absolute atomic E-state index is 0.0196. The second kappa shape index (κ2) is 7.68. The quantitative estimate of drug-likeness (QED) is 0.846. The van der Waals surface area contributed by atoms with Crippen molar-refractivity contribution in [1.82, 2.24) is 4.98 Å². The third kappa shape index (κ3) is 4.16. The Hall–Kier alpha value is -2.76. The van der Waals surface area contributed by atoms with Crippen molar-refractivity contribution in [3.63, 3.8) is 0 Å². The van der Waals surface area contributed by atoms with E-state index in [4.69, 9.17) is 9.47 Å². The number of pyridine rings is 1. The van der Waals surface area contributed by atoms with E-state index in [2.05, 4.69) is 22.5 Å². The highest BCUT2D eigenvalue weighted by Gasteiger charge is 2.11. The first-order valence-electron chi connectivity index (χ1n) is 8.17. The molecular formula is C18H21N3O3. The van der Waals surface area contributed by atoms with E-state index in [1.165, 1.54) is 0 Å². The predicted molar refractivity (Wildman–Crippen MR) is 93.1 cm³/mol. The molecule has 2 N–H and O–H groups in total. The molecule has 24 heavy (non-hydrogen) atoms. The molecule has 0 atom stereocenters. The Bertz CT molecular complexity index is 701. The van der Waals surface area contributed by atoms with Gasteiger partial charge in [-0.1, -0.05) is 13.3 Å². The first-order chi connectivity index (χ1) is 11.7. The molecule has 6 nitrogen and oxygen atoms in total. The van der Waals surface area contributed by atoms with E-state index in [-0.39, 0.29) is 5.91 Å². The summed E-state index contributed by atoms with van der Waals surface area (Å²) in [5, 5.41) is 6.05. The van der Waals surface area contributed by atoms with Gasteiger partial charge in [-0.2, -0.15) is 0 Å². The van der Waals surface area contributed by atoms with Crippen LogP contribution in [0.2, 0.25) is 0 Å². The van der Waals surface area contributed by atoms with Crippen LogP contribution in [-0.4, -0.2) is 24.1 Å². The fraction of sp³-hybridized carbons (Fsp3) is 0.333. The van der Waals surface area contributed by atoms with Crippen molar-refractivity contribution in [2.75, 3.05) is 23.8 Å². The molecule has 0 saturated heterocycles. The molecule has 0 fully saturated rings. The average Bonchev–Trinajstić information content (AvgIpc) is 2.61. The summed E-state index contributed by atoms with van der Waals surface area (Å²) in [5.41, 5.74) is 1.57. The maximum Gasteiger partial charge on any atom is 0.224 e. The van der Waals surface area contributed by atoms with Crippen LogP contribution in [0.4, 0.5) is 17.2 Å². The fourth-order valence-corrected chi connectivity index (χ4v) is 2.37.